The van der Waals surface area contributed by atoms with E-state index in [2.05, 4.69) is 79.0 Å². The third-order valence-electron chi connectivity index (χ3n) is 4.10. The number of benzene rings is 1. The number of hydrogen-bond acceptors (Lipinski definition) is 2. The zero-order chi connectivity index (χ0) is 15.8. The number of anilines is 1. The predicted molar refractivity (Wildman–Crippen MR) is 98.1 cm³/mol. The van der Waals surface area contributed by atoms with Gasteiger partial charge in [-0.15, -0.1) is 0 Å². The van der Waals surface area contributed by atoms with E-state index in [0.29, 0.717) is 6.04 Å². The Kier molecular flexibility index (Phi) is 8.35. The molecule has 0 saturated carbocycles. The molecule has 0 spiro atoms. The van der Waals surface area contributed by atoms with Crippen LogP contribution < -0.4 is 10.2 Å². The van der Waals surface area contributed by atoms with Crippen LogP contribution >= 0.6 is 15.9 Å². The molecule has 120 valence electrons. The largest absolute Gasteiger partial charge is 0.371 e. The van der Waals surface area contributed by atoms with Crippen molar-refractivity contribution in [3.63, 3.8) is 0 Å². The van der Waals surface area contributed by atoms with Crippen LogP contribution in [0.4, 0.5) is 5.69 Å². The topological polar surface area (TPSA) is 15.3 Å². The number of rotatable bonds is 9. The number of hydrogen-bond donors (Lipinski definition) is 1. The monoisotopic (exact) mass is 354 g/mol. The van der Waals surface area contributed by atoms with Crippen molar-refractivity contribution in [2.24, 2.45) is 5.92 Å². The second-order valence-electron chi connectivity index (χ2n) is 6.03. The lowest BCUT2D eigenvalue weighted by molar-refractivity contribution is 0.485. The zero-order valence-corrected chi connectivity index (χ0v) is 15.8. The Morgan fingerprint density at radius 2 is 1.81 bits per heavy atom. The van der Waals surface area contributed by atoms with Gasteiger partial charge in [0.1, 0.15) is 0 Å². The van der Waals surface area contributed by atoms with Gasteiger partial charge in [0.05, 0.1) is 0 Å². The van der Waals surface area contributed by atoms with Crippen LogP contribution in [-0.4, -0.2) is 19.1 Å². The van der Waals surface area contributed by atoms with Gasteiger partial charge in [0.25, 0.3) is 0 Å². The van der Waals surface area contributed by atoms with E-state index in [4.69, 9.17) is 0 Å². The molecule has 0 aliphatic heterocycles. The second-order valence-corrected chi connectivity index (χ2v) is 6.95. The summed E-state index contributed by atoms with van der Waals surface area (Å²) < 4.78 is 1.16. The quantitative estimate of drug-likeness (QED) is 0.654. The SMILES string of the molecule is CCC(CC)CN(CC)c1ccc(Br)cc1CNC(C)C. The lowest BCUT2D eigenvalue weighted by Crippen LogP contribution is -2.31. The Balaban J connectivity index is 2.96. The van der Waals surface area contributed by atoms with Crippen LogP contribution in [0.3, 0.4) is 0 Å². The average Bonchev–Trinajstić information content (AvgIpc) is 2.47. The second kappa shape index (κ2) is 9.47. The van der Waals surface area contributed by atoms with Crippen molar-refractivity contribution in [3.05, 3.63) is 28.2 Å². The lowest BCUT2D eigenvalue weighted by atomic mass is 10.0. The highest BCUT2D eigenvalue weighted by Crippen LogP contribution is 2.26. The first-order chi connectivity index (χ1) is 10.0. The summed E-state index contributed by atoms with van der Waals surface area (Å²) in [6.07, 6.45) is 2.51. The Labute approximate surface area is 139 Å². The smallest absolute Gasteiger partial charge is 0.0412 e. The fourth-order valence-corrected chi connectivity index (χ4v) is 2.98. The van der Waals surface area contributed by atoms with Gasteiger partial charge in [0.15, 0.2) is 0 Å². The van der Waals surface area contributed by atoms with Crippen molar-refractivity contribution in [2.75, 3.05) is 18.0 Å². The standard InChI is InChI=1S/C18H31BrN2/c1-6-15(7-2)13-21(8-3)18-10-9-17(19)11-16(18)12-20-14(4)5/h9-11,14-15,20H,6-8,12-13H2,1-5H3. The molecule has 0 aromatic heterocycles. The van der Waals surface area contributed by atoms with Gasteiger partial charge in [-0.05, 0) is 36.6 Å². The molecule has 0 aliphatic carbocycles. The summed E-state index contributed by atoms with van der Waals surface area (Å²) in [7, 11) is 0. The van der Waals surface area contributed by atoms with Gasteiger partial charge in [-0.2, -0.15) is 0 Å². The fraction of sp³-hybridized carbons (Fsp3) is 0.667. The molecular weight excluding hydrogens is 324 g/mol. The summed E-state index contributed by atoms with van der Waals surface area (Å²) in [6.45, 7) is 14.4. The highest BCUT2D eigenvalue weighted by molar-refractivity contribution is 9.10. The van der Waals surface area contributed by atoms with Gasteiger partial charge < -0.3 is 10.2 Å². The van der Waals surface area contributed by atoms with E-state index in [-0.39, 0.29) is 0 Å². The third-order valence-corrected chi connectivity index (χ3v) is 4.59. The normalized spacial score (nSPS) is 11.4. The van der Waals surface area contributed by atoms with Crippen molar-refractivity contribution in [2.45, 2.75) is 60.0 Å². The summed E-state index contributed by atoms with van der Waals surface area (Å²) in [4.78, 5) is 2.53. The summed E-state index contributed by atoms with van der Waals surface area (Å²) in [5.41, 5.74) is 2.76. The van der Waals surface area contributed by atoms with Crippen molar-refractivity contribution in [1.29, 1.82) is 0 Å². The number of halogens is 1. The molecule has 0 atom stereocenters. The van der Waals surface area contributed by atoms with Crippen LogP contribution in [0.1, 0.15) is 53.0 Å². The fourth-order valence-electron chi connectivity index (χ4n) is 2.57. The molecule has 21 heavy (non-hydrogen) atoms. The molecule has 0 aliphatic rings. The van der Waals surface area contributed by atoms with Gasteiger partial charge >= 0.3 is 0 Å². The Morgan fingerprint density at radius 3 is 2.33 bits per heavy atom. The van der Waals surface area contributed by atoms with Gasteiger partial charge in [0.2, 0.25) is 0 Å². The van der Waals surface area contributed by atoms with Crippen molar-refractivity contribution in [3.8, 4) is 0 Å². The maximum absolute atomic E-state index is 3.61. The van der Waals surface area contributed by atoms with E-state index in [1.165, 1.54) is 24.1 Å². The van der Waals surface area contributed by atoms with E-state index in [0.717, 1.165) is 30.0 Å². The molecule has 1 rings (SSSR count). The molecule has 3 heteroatoms. The summed E-state index contributed by atoms with van der Waals surface area (Å²) >= 11 is 3.61. The molecule has 1 N–H and O–H groups in total. The predicted octanol–water partition coefficient (Wildman–Crippen LogP) is 5.21. The molecule has 0 bridgehead atoms. The molecular formula is C18H31BrN2. The van der Waals surface area contributed by atoms with E-state index in [1.54, 1.807) is 0 Å². The molecule has 1 aromatic rings. The van der Waals surface area contributed by atoms with Crippen molar-refractivity contribution in [1.82, 2.24) is 5.32 Å². The van der Waals surface area contributed by atoms with Crippen LogP contribution in [-0.2, 0) is 6.54 Å². The minimum absolute atomic E-state index is 0.506. The van der Waals surface area contributed by atoms with Crippen molar-refractivity contribution < 1.29 is 0 Å². The molecule has 0 saturated heterocycles. The maximum Gasteiger partial charge on any atom is 0.0412 e. The number of nitrogens with one attached hydrogen (secondary N) is 1. The summed E-state index contributed by atoms with van der Waals surface area (Å²) in [5.74, 6) is 0.777. The first kappa shape index (κ1) is 18.5. The highest BCUT2D eigenvalue weighted by atomic mass is 79.9. The molecule has 0 fully saturated rings. The lowest BCUT2D eigenvalue weighted by Gasteiger charge is -2.30. The molecule has 0 amide bonds. The first-order valence-corrected chi connectivity index (χ1v) is 9.07. The van der Waals surface area contributed by atoms with Crippen LogP contribution in [0.15, 0.2) is 22.7 Å². The molecule has 0 heterocycles. The Bertz CT molecular complexity index is 414. The Morgan fingerprint density at radius 1 is 1.14 bits per heavy atom. The van der Waals surface area contributed by atoms with Gasteiger partial charge in [-0.25, -0.2) is 0 Å². The van der Waals surface area contributed by atoms with Crippen LogP contribution in [0.2, 0.25) is 0 Å². The minimum Gasteiger partial charge on any atom is -0.371 e. The first-order valence-electron chi connectivity index (χ1n) is 8.28. The van der Waals surface area contributed by atoms with Crippen LogP contribution in [0.25, 0.3) is 0 Å². The molecule has 2 nitrogen and oxygen atoms in total. The maximum atomic E-state index is 3.61. The zero-order valence-electron chi connectivity index (χ0n) is 14.2. The molecule has 1 aromatic carbocycles. The Hall–Kier alpha value is -0.540. The van der Waals surface area contributed by atoms with Crippen LogP contribution in [0.5, 0.6) is 0 Å². The molecule has 0 unspecified atom stereocenters. The van der Waals surface area contributed by atoms with Gasteiger partial charge in [-0.3, -0.25) is 0 Å². The minimum atomic E-state index is 0.506. The summed E-state index contributed by atoms with van der Waals surface area (Å²) in [6, 6.07) is 7.17. The third kappa shape index (κ3) is 5.99. The number of nitrogens with zero attached hydrogens (tertiary/aromatic N) is 1. The average molecular weight is 355 g/mol. The molecule has 0 radical (unpaired) electrons. The van der Waals surface area contributed by atoms with E-state index in [9.17, 15) is 0 Å². The highest BCUT2D eigenvalue weighted by Gasteiger charge is 2.14. The van der Waals surface area contributed by atoms with E-state index < -0.39 is 0 Å². The van der Waals surface area contributed by atoms with Gasteiger partial charge in [0, 0.05) is 35.8 Å². The van der Waals surface area contributed by atoms with Crippen LogP contribution in [0, 0.1) is 5.92 Å². The summed E-state index contributed by atoms with van der Waals surface area (Å²) in [5, 5.41) is 3.54. The van der Waals surface area contributed by atoms with Crippen molar-refractivity contribution >= 4 is 21.6 Å². The van der Waals surface area contributed by atoms with E-state index in [1.807, 2.05) is 0 Å². The van der Waals surface area contributed by atoms with E-state index >= 15 is 0 Å². The van der Waals surface area contributed by atoms with Gasteiger partial charge in [-0.1, -0.05) is 56.5 Å².